The Morgan fingerprint density at radius 1 is 0.944 bits per heavy atom. The maximum Gasteiger partial charge on any atom is 0.356 e. The van der Waals surface area contributed by atoms with Crippen molar-refractivity contribution in [1.29, 1.82) is 0 Å². The second-order valence-corrected chi connectivity index (χ2v) is 8.27. The van der Waals surface area contributed by atoms with Crippen molar-refractivity contribution in [2.45, 2.75) is 0 Å². The first-order valence-corrected chi connectivity index (χ1v) is 11.3. The van der Waals surface area contributed by atoms with Gasteiger partial charge in [0.1, 0.15) is 17.2 Å². The highest BCUT2D eigenvalue weighted by Gasteiger charge is 2.24. The van der Waals surface area contributed by atoms with Gasteiger partial charge in [-0.2, -0.15) is 0 Å². The molecule has 0 bridgehead atoms. The summed E-state index contributed by atoms with van der Waals surface area (Å²) in [7, 11) is 4.47. The van der Waals surface area contributed by atoms with E-state index in [0.29, 0.717) is 44.1 Å². The van der Waals surface area contributed by atoms with Crippen LogP contribution in [0.3, 0.4) is 0 Å². The van der Waals surface area contributed by atoms with Gasteiger partial charge in [0.25, 0.3) is 11.5 Å². The van der Waals surface area contributed by atoms with E-state index in [1.165, 1.54) is 25.8 Å². The largest absolute Gasteiger partial charge is 0.497 e. The zero-order valence-corrected chi connectivity index (χ0v) is 20.6. The smallest absolute Gasteiger partial charge is 0.356 e. The number of nitrogens with zero attached hydrogens (tertiary/aromatic N) is 1. The fourth-order valence-electron chi connectivity index (χ4n) is 3.90. The number of aromatic nitrogens is 1. The van der Waals surface area contributed by atoms with Gasteiger partial charge < -0.3 is 24.1 Å². The van der Waals surface area contributed by atoms with Crippen LogP contribution in [-0.2, 0) is 16.6 Å². The van der Waals surface area contributed by atoms with Gasteiger partial charge in [0, 0.05) is 29.1 Å². The molecule has 8 nitrogen and oxygen atoms in total. The van der Waals surface area contributed by atoms with Crippen LogP contribution in [0.4, 0.5) is 5.69 Å². The van der Waals surface area contributed by atoms with Crippen molar-refractivity contribution in [3.8, 4) is 22.6 Å². The van der Waals surface area contributed by atoms with Crippen molar-refractivity contribution in [1.82, 2.24) is 4.57 Å². The van der Waals surface area contributed by atoms with E-state index in [1.54, 1.807) is 66.7 Å². The Labute approximate surface area is 212 Å². The Morgan fingerprint density at radius 3 is 2.31 bits per heavy atom. The number of hydrogen-bond donors (Lipinski definition) is 1. The number of esters is 1. The van der Waals surface area contributed by atoms with E-state index in [9.17, 15) is 14.4 Å². The number of hydrogen-bond acceptors (Lipinski definition) is 6. The molecule has 0 saturated carbocycles. The summed E-state index contributed by atoms with van der Waals surface area (Å²) < 4.78 is 17.0. The molecule has 0 aliphatic heterocycles. The molecule has 1 N–H and O–H groups in total. The lowest BCUT2D eigenvalue weighted by molar-refractivity contribution is -0.119. The van der Waals surface area contributed by atoms with Crippen LogP contribution in [0.1, 0.15) is 10.5 Å². The van der Waals surface area contributed by atoms with Crippen LogP contribution in [0, 0.1) is 0 Å². The molecule has 9 heteroatoms. The summed E-state index contributed by atoms with van der Waals surface area (Å²) in [6.45, 7) is -0.574. The minimum Gasteiger partial charge on any atom is -0.497 e. The minimum absolute atomic E-state index is 0.0239. The molecular weight excluding hydrogens is 484 g/mol. The Hall–Kier alpha value is -4.30. The third kappa shape index (κ3) is 4.89. The first kappa shape index (κ1) is 24.8. The number of rotatable bonds is 7. The topological polar surface area (TPSA) is 95.9 Å². The molecule has 0 atom stereocenters. The molecule has 4 aromatic rings. The zero-order valence-electron chi connectivity index (χ0n) is 19.8. The van der Waals surface area contributed by atoms with Crippen LogP contribution in [0.5, 0.6) is 11.5 Å². The number of carbonyl (C=O) groups is 2. The maximum atomic E-state index is 13.3. The van der Waals surface area contributed by atoms with E-state index < -0.39 is 18.5 Å². The zero-order chi connectivity index (χ0) is 25.8. The molecule has 4 rings (SSSR count). The van der Waals surface area contributed by atoms with E-state index in [2.05, 4.69) is 5.32 Å². The van der Waals surface area contributed by atoms with E-state index in [4.69, 9.17) is 25.8 Å². The van der Waals surface area contributed by atoms with Gasteiger partial charge in [0.15, 0.2) is 6.61 Å². The van der Waals surface area contributed by atoms with Crippen molar-refractivity contribution < 1.29 is 23.8 Å². The van der Waals surface area contributed by atoms with Crippen molar-refractivity contribution >= 4 is 39.9 Å². The second kappa shape index (κ2) is 10.5. The number of halogens is 1. The van der Waals surface area contributed by atoms with Crippen LogP contribution in [0.15, 0.2) is 71.5 Å². The Kier molecular flexibility index (Phi) is 7.26. The number of carbonyl (C=O) groups excluding carboxylic acids is 2. The summed E-state index contributed by atoms with van der Waals surface area (Å²) in [5.74, 6) is -0.452. The number of pyridine rings is 1. The number of anilines is 1. The molecule has 0 spiro atoms. The summed E-state index contributed by atoms with van der Waals surface area (Å²) in [6.07, 6.45) is 0. The molecule has 36 heavy (non-hydrogen) atoms. The molecule has 1 aromatic heterocycles. The summed E-state index contributed by atoms with van der Waals surface area (Å²) in [5.41, 5.74) is 1.23. The predicted molar refractivity (Wildman–Crippen MR) is 138 cm³/mol. The Morgan fingerprint density at radius 2 is 1.64 bits per heavy atom. The fourth-order valence-corrected chi connectivity index (χ4v) is 4.03. The number of fused-ring (bicyclic) bond motifs is 1. The number of methoxy groups -OCH3 is 2. The van der Waals surface area contributed by atoms with E-state index in [0.717, 1.165) is 0 Å². The summed E-state index contributed by atoms with van der Waals surface area (Å²) >= 11 is 6.06. The van der Waals surface area contributed by atoms with Crippen molar-refractivity contribution in [3.63, 3.8) is 0 Å². The minimum atomic E-state index is -0.817. The van der Waals surface area contributed by atoms with Crippen LogP contribution >= 0.6 is 11.6 Å². The van der Waals surface area contributed by atoms with Gasteiger partial charge in [0.2, 0.25) is 0 Å². The molecule has 3 aromatic carbocycles. The SMILES string of the molecule is COc1ccc(NC(=O)COC(=O)c2c(-c3ccc(Cl)cc3)c3ccccc3c(=O)n2C)c(OC)c1. The second-order valence-electron chi connectivity index (χ2n) is 7.83. The molecular formula is C27H23ClN2O6. The first-order chi connectivity index (χ1) is 17.3. The summed E-state index contributed by atoms with van der Waals surface area (Å²) in [6, 6.07) is 18.8. The number of benzene rings is 3. The number of nitrogens with one attached hydrogen (secondary N) is 1. The standard InChI is InChI=1S/C27H23ClN2O6/c1-30-25(27(33)36-15-23(31)29-21-13-12-18(34-2)14-22(21)35-3)24(16-8-10-17(28)11-9-16)19-6-4-5-7-20(19)26(30)32/h4-14H,15H2,1-3H3,(H,29,31). The number of amides is 1. The van der Waals surface area contributed by atoms with E-state index in [-0.39, 0.29) is 11.3 Å². The Balaban J connectivity index is 1.65. The normalized spacial score (nSPS) is 10.7. The average molecular weight is 507 g/mol. The van der Waals surface area contributed by atoms with Crippen LogP contribution < -0.4 is 20.3 Å². The fraction of sp³-hybridized carbons (Fsp3) is 0.148. The van der Waals surface area contributed by atoms with E-state index >= 15 is 0 Å². The van der Waals surface area contributed by atoms with Gasteiger partial charge in [-0.3, -0.25) is 9.59 Å². The lowest BCUT2D eigenvalue weighted by atomic mass is 9.97. The molecule has 0 aliphatic carbocycles. The molecule has 0 radical (unpaired) electrons. The van der Waals surface area contributed by atoms with Crippen LogP contribution in [0.25, 0.3) is 21.9 Å². The van der Waals surface area contributed by atoms with Crippen molar-refractivity contribution in [3.05, 3.63) is 87.8 Å². The highest BCUT2D eigenvalue weighted by Crippen LogP contribution is 2.32. The molecule has 184 valence electrons. The van der Waals surface area contributed by atoms with Gasteiger partial charge in [-0.25, -0.2) is 4.79 Å². The van der Waals surface area contributed by atoms with Crippen molar-refractivity contribution in [2.24, 2.45) is 7.05 Å². The predicted octanol–water partition coefficient (Wildman–Crippen LogP) is 4.67. The molecule has 0 unspecified atom stereocenters. The molecule has 1 heterocycles. The Bertz CT molecular complexity index is 1510. The third-order valence-electron chi connectivity index (χ3n) is 5.65. The lowest BCUT2D eigenvalue weighted by Gasteiger charge is -2.17. The molecule has 0 aliphatic rings. The van der Waals surface area contributed by atoms with Crippen LogP contribution in [0.2, 0.25) is 5.02 Å². The van der Waals surface area contributed by atoms with Gasteiger partial charge >= 0.3 is 5.97 Å². The molecule has 0 saturated heterocycles. The highest BCUT2D eigenvalue weighted by molar-refractivity contribution is 6.30. The van der Waals surface area contributed by atoms with Gasteiger partial charge in [-0.15, -0.1) is 0 Å². The maximum absolute atomic E-state index is 13.3. The lowest BCUT2D eigenvalue weighted by Crippen LogP contribution is -2.28. The molecule has 1 amide bonds. The van der Waals surface area contributed by atoms with Crippen LogP contribution in [-0.4, -0.2) is 37.3 Å². The highest BCUT2D eigenvalue weighted by atomic mass is 35.5. The van der Waals surface area contributed by atoms with Gasteiger partial charge in [0.05, 0.1) is 19.9 Å². The summed E-state index contributed by atoms with van der Waals surface area (Å²) in [4.78, 5) is 38.8. The monoisotopic (exact) mass is 506 g/mol. The quantitative estimate of drug-likeness (QED) is 0.366. The van der Waals surface area contributed by atoms with Gasteiger partial charge in [-0.1, -0.05) is 41.9 Å². The van der Waals surface area contributed by atoms with E-state index in [1.807, 2.05) is 0 Å². The number of ether oxygens (including phenoxy) is 3. The average Bonchev–Trinajstić information content (AvgIpc) is 2.90. The summed E-state index contributed by atoms with van der Waals surface area (Å²) in [5, 5.41) is 4.21. The van der Waals surface area contributed by atoms with Crippen molar-refractivity contribution in [2.75, 3.05) is 26.1 Å². The van der Waals surface area contributed by atoms with Gasteiger partial charge in [-0.05, 0) is 41.3 Å². The first-order valence-electron chi connectivity index (χ1n) is 10.9. The third-order valence-corrected chi connectivity index (χ3v) is 5.90. The molecule has 0 fully saturated rings.